The minimum Gasteiger partial charge on any atom is -0.478 e. The topological polar surface area (TPSA) is 37.3 Å². The van der Waals surface area contributed by atoms with E-state index >= 15 is 0 Å². The van der Waals surface area contributed by atoms with Gasteiger partial charge in [-0.3, -0.25) is 0 Å². The summed E-state index contributed by atoms with van der Waals surface area (Å²) in [4.78, 5) is 10.2. The predicted octanol–water partition coefficient (Wildman–Crippen LogP) is 2.77. The summed E-state index contributed by atoms with van der Waals surface area (Å²) in [5, 5.41) is 8.39. The fraction of sp³-hybridized carbons (Fsp3) is 0.182. The van der Waals surface area contributed by atoms with E-state index in [1.807, 2.05) is 24.3 Å². The van der Waals surface area contributed by atoms with E-state index in [1.165, 1.54) is 5.56 Å². The molecule has 14 heavy (non-hydrogen) atoms. The molecule has 1 aromatic carbocycles. The molecule has 0 spiro atoms. The Morgan fingerprint density at radius 1 is 1.36 bits per heavy atom. The fourth-order valence-corrected chi connectivity index (χ4v) is 1.03. The van der Waals surface area contributed by atoms with Gasteiger partial charge < -0.3 is 5.11 Å². The van der Waals surface area contributed by atoms with Crippen LogP contribution in [0.5, 0.6) is 0 Å². The smallest absolute Gasteiger partial charge is 0.328 e. The quantitative estimate of drug-likeness (QED) is 0.783. The van der Waals surface area contributed by atoms with Crippen LogP contribution in [0, 0.1) is 0 Å². The molecule has 0 aliphatic rings. The first-order chi connectivity index (χ1) is 6.22. The Labute approximate surface area is 89.7 Å². The van der Waals surface area contributed by atoms with Crippen molar-refractivity contribution in [2.75, 3.05) is 0 Å². The SMILES string of the molecule is CCc1ccc(C=CC(=O)O)cc1.Cl. The van der Waals surface area contributed by atoms with E-state index in [0.717, 1.165) is 18.1 Å². The second kappa shape index (κ2) is 6.22. The number of halogens is 1. The fourth-order valence-electron chi connectivity index (χ4n) is 1.03. The predicted molar refractivity (Wildman–Crippen MR) is 59.7 cm³/mol. The van der Waals surface area contributed by atoms with Crippen LogP contribution >= 0.6 is 12.4 Å². The van der Waals surface area contributed by atoms with E-state index in [4.69, 9.17) is 5.11 Å². The van der Waals surface area contributed by atoms with Crippen molar-refractivity contribution in [3.8, 4) is 0 Å². The van der Waals surface area contributed by atoms with E-state index < -0.39 is 5.97 Å². The van der Waals surface area contributed by atoms with Crippen molar-refractivity contribution < 1.29 is 9.90 Å². The Morgan fingerprint density at radius 2 is 1.93 bits per heavy atom. The van der Waals surface area contributed by atoms with Gasteiger partial charge in [0.2, 0.25) is 0 Å². The molecule has 1 rings (SSSR count). The van der Waals surface area contributed by atoms with Gasteiger partial charge in [-0.2, -0.15) is 0 Å². The molecule has 0 aliphatic carbocycles. The van der Waals surface area contributed by atoms with E-state index in [9.17, 15) is 4.79 Å². The summed E-state index contributed by atoms with van der Waals surface area (Å²) in [6, 6.07) is 7.83. The van der Waals surface area contributed by atoms with Crippen molar-refractivity contribution in [3.05, 3.63) is 41.5 Å². The number of rotatable bonds is 3. The monoisotopic (exact) mass is 212 g/mol. The van der Waals surface area contributed by atoms with E-state index in [1.54, 1.807) is 6.08 Å². The molecule has 0 aliphatic heterocycles. The van der Waals surface area contributed by atoms with Crippen molar-refractivity contribution in [2.45, 2.75) is 13.3 Å². The molecule has 0 heterocycles. The van der Waals surface area contributed by atoms with Gasteiger partial charge in [0.05, 0.1) is 0 Å². The van der Waals surface area contributed by atoms with E-state index in [-0.39, 0.29) is 12.4 Å². The molecule has 1 aromatic rings. The number of carboxylic acids is 1. The minimum absolute atomic E-state index is 0. The molecule has 0 amide bonds. The number of benzene rings is 1. The third-order valence-electron chi connectivity index (χ3n) is 1.81. The van der Waals surface area contributed by atoms with Gasteiger partial charge in [0.15, 0.2) is 0 Å². The van der Waals surface area contributed by atoms with Crippen molar-refractivity contribution in [1.29, 1.82) is 0 Å². The summed E-state index contributed by atoms with van der Waals surface area (Å²) in [5.74, 6) is -0.917. The van der Waals surface area contributed by atoms with Crippen LogP contribution in [-0.2, 0) is 11.2 Å². The van der Waals surface area contributed by atoms with Crippen LogP contribution < -0.4 is 0 Å². The van der Waals surface area contributed by atoms with Crippen LogP contribution in [0.25, 0.3) is 6.08 Å². The number of hydrogen-bond donors (Lipinski definition) is 1. The van der Waals surface area contributed by atoms with Gasteiger partial charge in [0.25, 0.3) is 0 Å². The Kier molecular flexibility index (Phi) is 5.65. The molecule has 0 atom stereocenters. The number of aliphatic carboxylic acids is 1. The second-order valence-corrected chi connectivity index (χ2v) is 2.77. The molecular weight excluding hydrogens is 200 g/mol. The van der Waals surface area contributed by atoms with Crippen LogP contribution in [0.4, 0.5) is 0 Å². The van der Waals surface area contributed by atoms with Gasteiger partial charge in [0, 0.05) is 6.08 Å². The van der Waals surface area contributed by atoms with Crippen LogP contribution in [0.15, 0.2) is 30.3 Å². The molecule has 0 unspecified atom stereocenters. The molecule has 0 fully saturated rings. The Morgan fingerprint density at radius 3 is 2.36 bits per heavy atom. The molecular formula is C11H13ClO2. The summed E-state index contributed by atoms with van der Waals surface area (Å²) < 4.78 is 0. The largest absolute Gasteiger partial charge is 0.478 e. The number of carbonyl (C=O) groups is 1. The third kappa shape index (κ3) is 4.10. The highest BCUT2D eigenvalue weighted by Crippen LogP contribution is 2.06. The number of aryl methyl sites for hydroxylation is 1. The first-order valence-electron chi connectivity index (χ1n) is 4.22. The van der Waals surface area contributed by atoms with Gasteiger partial charge in [-0.15, -0.1) is 12.4 Å². The molecule has 0 aromatic heterocycles. The summed E-state index contributed by atoms with van der Waals surface area (Å²) in [6.45, 7) is 2.09. The lowest BCUT2D eigenvalue weighted by atomic mass is 10.1. The van der Waals surface area contributed by atoms with Gasteiger partial charge in [0.1, 0.15) is 0 Å². The summed E-state index contributed by atoms with van der Waals surface area (Å²) in [7, 11) is 0. The Hall–Kier alpha value is -1.28. The van der Waals surface area contributed by atoms with Crippen molar-refractivity contribution >= 4 is 24.5 Å². The highest BCUT2D eigenvalue weighted by Gasteiger charge is 1.90. The molecule has 76 valence electrons. The molecule has 2 nitrogen and oxygen atoms in total. The van der Waals surface area contributed by atoms with Crippen LogP contribution in [0.1, 0.15) is 18.1 Å². The zero-order valence-corrected chi connectivity index (χ0v) is 8.75. The highest BCUT2D eigenvalue weighted by molar-refractivity contribution is 5.85. The average molecular weight is 213 g/mol. The van der Waals surface area contributed by atoms with Crippen molar-refractivity contribution in [3.63, 3.8) is 0 Å². The minimum atomic E-state index is -0.917. The average Bonchev–Trinajstić information content (AvgIpc) is 2.15. The maximum absolute atomic E-state index is 10.2. The normalized spacial score (nSPS) is 9.79. The molecule has 0 bridgehead atoms. The summed E-state index contributed by atoms with van der Waals surface area (Å²) in [5.41, 5.74) is 2.17. The first-order valence-corrected chi connectivity index (χ1v) is 4.22. The number of hydrogen-bond acceptors (Lipinski definition) is 1. The molecule has 0 saturated carbocycles. The van der Waals surface area contributed by atoms with E-state index in [2.05, 4.69) is 6.92 Å². The third-order valence-corrected chi connectivity index (χ3v) is 1.81. The summed E-state index contributed by atoms with van der Waals surface area (Å²) >= 11 is 0. The lowest BCUT2D eigenvalue weighted by molar-refractivity contribution is -0.131. The van der Waals surface area contributed by atoms with Crippen molar-refractivity contribution in [2.24, 2.45) is 0 Å². The second-order valence-electron chi connectivity index (χ2n) is 2.77. The van der Waals surface area contributed by atoms with Gasteiger partial charge in [-0.1, -0.05) is 31.2 Å². The number of carboxylic acid groups (broad SMARTS) is 1. The van der Waals surface area contributed by atoms with E-state index in [0.29, 0.717) is 0 Å². The van der Waals surface area contributed by atoms with Crippen LogP contribution in [0.2, 0.25) is 0 Å². The van der Waals surface area contributed by atoms with Gasteiger partial charge >= 0.3 is 5.97 Å². The highest BCUT2D eigenvalue weighted by atomic mass is 35.5. The van der Waals surface area contributed by atoms with Crippen molar-refractivity contribution in [1.82, 2.24) is 0 Å². The van der Waals surface area contributed by atoms with Gasteiger partial charge in [-0.25, -0.2) is 4.79 Å². The molecule has 0 radical (unpaired) electrons. The Balaban J connectivity index is 0.00000169. The molecule has 0 saturated heterocycles. The lowest BCUT2D eigenvalue weighted by Crippen LogP contribution is -1.85. The van der Waals surface area contributed by atoms with Gasteiger partial charge in [-0.05, 0) is 23.6 Å². The zero-order valence-electron chi connectivity index (χ0n) is 7.93. The standard InChI is InChI=1S/C11H12O2.ClH/c1-2-9-3-5-10(6-4-9)7-8-11(12)13;/h3-8H,2H2,1H3,(H,12,13);1H. The van der Waals surface area contributed by atoms with Crippen LogP contribution in [0.3, 0.4) is 0 Å². The lowest BCUT2D eigenvalue weighted by Gasteiger charge is -1.96. The van der Waals surface area contributed by atoms with Crippen LogP contribution in [-0.4, -0.2) is 11.1 Å². The molecule has 3 heteroatoms. The zero-order chi connectivity index (χ0) is 9.68. The first kappa shape index (κ1) is 12.7. The molecule has 1 N–H and O–H groups in total. The summed E-state index contributed by atoms with van der Waals surface area (Å²) in [6.07, 6.45) is 3.73. The Bertz CT molecular complexity index is 315. The maximum atomic E-state index is 10.2. The maximum Gasteiger partial charge on any atom is 0.328 e.